The van der Waals surface area contributed by atoms with Crippen LogP contribution in [0.1, 0.15) is 34.9 Å². The molecule has 1 aromatic heterocycles. The largest absolute Gasteiger partial charge is 0.489 e. The van der Waals surface area contributed by atoms with Gasteiger partial charge in [0, 0.05) is 19.1 Å². The Labute approximate surface area is 155 Å². The third-order valence-electron chi connectivity index (χ3n) is 4.66. The summed E-state index contributed by atoms with van der Waals surface area (Å²) in [7, 11) is 4.60. The zero-order valence-electron chi connectivity index (χ0n) is 14.8. The van der Waals surface area contributed by atoms with E-state index in [9.17, 15) is 14.7 Å². The van der Waals surface area contributed by atoms with Crippen LogP contribution < -0.4 is 15.2 Å². The number of carboxylic acids is 1. The minimum atomic E-state index is -1.31. The molecule has 1 N–H and O–H groups in total. The predicted octanol–water partition coefficient (Wildman–Crippen LogP) is 2.73. The number of hydrogen-bond acceptors (Lipinski definition) is 5. The number of carbonyl (C=O) groups is 1. The summed E-state index contributed by atoms with van der Waals surface area (Å²) in [4.78, 5) is 30.1. The van der Waals surface area contributed by atoms with Gasteiger partial charge in [0.2, 0.25) is 11.7 Å². The first-order valence-corrected chi connectivity index (χ1v) is 8.60. The molecule has 0 radical (unpaired) electrons. The number of hydrogen-bond donors (Lipinski definition) is 1. The quantitative estimate of drug-likeness (QED) is 0.833. The Bertz CT molecular complexity index is 908. The van der Waals surface area contributed by atoms with Crippen molar-refractivity contribution < 1.29 is 14.6 Å². The lowest BCUT2D eigenvalue weighted by Crippen LogP contribution is -2.34. The first kappa shape index (κ1) is 18.3. The Hall–Kier alpha value is -2.54. The highest BCUT2D eigenvalue weighted by Crippen LogP contribution is 2.46. The number of halogens is 1. The molecule has 1 unspecified atom stereocenters. The second-order valence-electron chi connectivity index (χ2n) is 6.38. The van der Waals surface area contributed by atoms with Gasteiger partial charge in [-0.2, -0.15) is 0 Å². The molecule has 8 heteroatoms. The molecule has 1 saturated carbocycles. The summed E-state index contributed by atoms with van der Waals surface area (Å²) in [6.07, 6.45) is 2.08. The van der Waals surface area contributed by atoms with Gasteiger partial charge in [-0.25, -0.2) is 9.78 Å². The summed E-state index contributed by atoms with van der Waals surface area (Å²) in [5, 5.41) is 10.0. The number of aromatic carboxylic acids is 1. The number of nitrogens with zero attached hydrogens (tertiary/aromatic N) is 3. The Morgan fingerprint density at radius 1 is 1.42 bits per heavy atom. The van der Waals surface area contributed by atoms with E-state index in [4.69, 9.17) is 16.3 Å². The molecule has 0 spiro atoms. The Morgan fingerprint density at radius 3 is 2.62 bits per heavy atom. The van der Waals surface area contributed by atoms with E-state index in [1.54, 1.807) is 14.1 Å². The first-order chi connectivity index (χ1) is 12.4. The van der Waals surface area contributed by atoms with Crippen LogP contribution in [0.4, 0.5) is 5.95 Å². The van der Waals surface area contributed by atoms with Gasteiger partial charge in [0.05, 0.1) is 13.2 Å². The highest BCUT2D eigenvalue weighted by Gasteiger charge is 2.38. The fourth-order valence-electron chi connectivity index (χ4n) is 3.24. The second kappa shape index (κ2) is 6.99. The van der Waals surface area contributed by atoms with Gasteiger partial charge in [-0.1, -0.05) is 29.8 Å². The Balaban J connectivity index is 2.14. The van der Waals surface area contributed by atoms with Crippen LogP contribution >= 0.6 is 11.6 Å². The highest BCUT2D eigenvalue weighted by atomic mass is 35.5. The van der Waals surface area contributed by atoms with E-state index >= 15 is 0 Å². The maximum absolute atomic E-state index is 12.5. The number of benzene rings is 1. The molecule has 138 valence electrons. The van der Waals surface area contributed by atoms with Crippen LogP contribution in [0, 0.1) is 5.92 Å². The molecule has 0 aliphatic heterocycles. The fourth-order valence-corrected chi connectivity index (χ4v) is 3.49. The molecule has 3 rings (SSSR count). The van der Waals surface area contributed by atoms with Crippen LogP contribution in [0.15, 0.2) is 29.1 Å². The van der Waals surface area contributed by atoms with Crippen molar-refractivity contribution in [3.63, 3.8) is 0 Å². The Morgan fingerprint density at radius 2 is 2.08 bits per heavy atom. The predicted molar refractivity (Wildman–Crippen MR) is 98.3 cm³/mol. The summed E-state index contributed by atoms with van der Waals surface area (Å²) < 4.78 is 6.26. The van der Waals surface area contributed by atoms with E-state index in [2.05, 4.69) is 4.98 Å². The SMILES string of the molecule is COc1c(C(=O)O)nc(N(C)C(c2ccccc2Cl)C2CC2)n(C)c1=O. The zero-order valence-corrected chi connectivity index (χ0v) is 15.5. The average Bonchev–Trinajstić information content (AvgIpc) is 3.43. The van der Waals surface area contributed by atoms with Crippen molar-refractivity contribution in [1.82, 2.24) is 9.55 Å². The van der Waals surface area contributed by atoms with Crippen LogP contribution in [0.25, 0.3) is 0 Å². The zero-order chi connectivity index (χ0) is 19.0. The first-order valence-electron chi connectivity index (χ1n) is 8.22. The van der Waals surface area contributed by atoms with Gasteiger partial charge in [-0.3, -0.25) is 9.36 Å². The monoisotopic (exact) mass is 377 g/mol. The summed E-state index contributed by atoms with van der Waals surface area (Å²) in [6.45, 7) is 0. The maximum Gasteiger partial charge on any atom is 0.358 e. The van der Waals surface area contributed by atoms with Crippen molar-refractivity contribution in [1.29, 1.82) is 0 Å². The molecule has 1 atom stereocenters. The van der Waals surface area contributed by atoms with Gasteiger partial charge in [-0.05, 0) is 30.4 Å². The van der Waals surface area contributed by atoms with E-state index in [1.165, 1.54) is 11.7 Å². The number of anilines is 1. The smallest absolute Gasteiger partial charge is 0.358 e. The molecule has 7 nitrogen and oxygen atoms in total. The van der Waals surface area contributed by atoms with E-state index in [0.717, 1.165) is 18.4 Å². The molecular weight excluding hydrogens is 358 g/mol. The topological polar surface area (TPSA) is 84.7 Å². The van der Waals surface area contributed by atoms with Gasteiger partial charge in [0.1, 0.15) is 0 Å². The molecule has 2 aromatic rings. The summed E-state index contributed by atoms with van der Waals surface area (Å²) in [5.41, 5.74) is -0.0114. The van der Waals surface area contributed by atoms with Crippen LogP contribution in [0.3, 0.4) is 0 Å². The number of carboxylic acid groups (broad SMARTS) is 1. The number of methoxy groups -OCH3 is 1. The molecule has 1 fully saturated rings. The molecular formula is C18H20ClN3O4. The number of rotatable bonds is 6. The Kier molecular flexibility index (Phi) is 4.91. The van der Waals surface area contributed by atoms with Gasteiger partial charge in [0.25, 0.3) is 5.56 Å². The van der Waals surface area contributed by atoms with Crippen LogP contribution in [0.2, 0.25) is 5.02 Å². The van der Waals surface area contributed by atoms with Gasteiger partial charge in [-0.15, -0.1) is 0 Å². The van der Waals surface area contributed by atoms with E-state index < -0.39 is 17.2 Å². The third-order valence-corrected chi connectivity index (χ3v) is 5.00. The van der Waals surface area contributed by atoms with E-state index in [1.807, 2.05) is 29.2 Å². The van der Waals surface area contributed by atoms with Gasteiger partial charge >= 0.3 is 5.97 Å². The number of aromatic nitrogens is 2. The lowest BCUT2D eigenvalue weighted by atomic mass is 10.0. The summed E-state index contributed by atoms with van der Waals surface area (Å²) in [6, 6.07) is 7.44. The third kappa shape index (κ3) is 3.14. The number of ether oxygens (including phenoxy) is 1. The normalized spacial score (nSPS) is 14.8. The van der Waals surface area contributed by atoms with Crippen LogP contribution in [-0.4, -0.2) is 34.8 Å². The molecule has 1 aromatic carbocycles. The van der Waals surface area contributed by atoms with Crippen LogP contribution in [0.5, 0.6) is 5.75 Å². The van der Waals surface area contributed by atoms with Crippen molar-refractivity contribution in [3.05, 3.63) is 50.9 Å². The minimum Gasteiger partial charge on any atom is -0.489 e. The minimum absolute atomic E-state index is 0.100. The van der Waals surface area contributed by atoms with E-state index in [-0.39, 0.29) is 17.7 Å². The molecule has 1 heterocycles. The molecule has 1 aliphatic carbocycles. The van der Waals surface area contributed by atoms with Crippen molar-refractivity contribution in [2.45, 2.75) is 18.9 Å². The summed E-state index contributed by atoms with van der Waals surface area (Å²) >= 11 is 6.39. The summed E-state index contributed by atoms with van der Waals surface area (Å²) in [5.74, 6) is -0.968. The standard InChI is InChI=1S/C18H20ClN3O4/c1-21(14(10-8-9-10)11-6-4-5-7-12(11)19)18-20-13(17(24)25)15(26-3)16(23)22(18)2/h4-7,10,14H,8-9H2,1-3H3,(H,24,25). The van der Waals surface area contributed by atoms with Crippen LogP contribution in [-0.2, 0) is 7.05 Å². The van der Waals surface area contributed by atoms with Crippen molar-refractivity contribution in [2.24, 2.45) is 13.0 Å². The lowest BCUT2D eigenvalue weighted by Gasteiger charge is -2.31. The fraction of sp³-hybridized carbons (Fsp3) is 0.389. The van der Waals surface area contributed by atoms with Crippen molar-refractivity contribution in [2.75, 3.05) is 19.1 Å². The second-order valence-corrected chi connectivity index (χ2v) is 6.78. The highest BCUT2D eigenvalue weighted by molar-refractivity contribution is 6.31. The molecule has 0 amide bonds. The molecule has 1 aliphatic rings. The van der Waals surface area contributed by atoms with Crippen molar-refractivity contribution in [3.8, 4) is 5.75 Å². The van der Waals surface area contributed by atoms with Crippen molar-refractivity contribution >= 4 is 23.5 Å². The van der Waals surface area contributed by atoms with Gasteiger partial charge in [0.15, 0.2) is 5.69 Å². The van der Waals surface area contributed by atoms with Gasteiger partial charge < -0.3 is 14.7 Å². The average molecular weight is 378 g/mol. The molecule has 26 heavy (non-hydrogen) atoms. The lowest BCUT2D eigenvalue weighted by molar-refractivity contribution is 0.0685. The van der Waals surface area contributed by atoms with E-state index in [0.29, 0.717) is 10.9 Å². The maximum atomic E-state index is 12.5. The molecule has 0 saturated heterocycles. The molecule has 0 bridgehead atoms.